The Kier molecular flexibility index (Phi) is 12.7. The molecule has 0 bridgehead atoms. The third-order valence-electron chi connectivity index (χ3n) is 15.3. The lowest BCUT2D eigenvalue weighted by Gasteiger charge is -2.38. The van der Waals surface area contributed by atoms with Crippen LogP contribution in [0.4, 0.5) is 32.0 Å². The van der Waals surface area contributed by atoms with E-state index in [0.717, 1.165) is 43.9 Å². The number of H-pyrrole nitrogens is 2. The molecule has 3 saturated heterocycles. The Morgan fingerprint density at radius 3 is 1.32 bits per heavy atom. The number of nitrogens with zero attached hydrogens (tertiary/aromatic N) is 5. The quantitative estimate of drug-likeness (QED) is 0.124. The Bertz CT molecular complexity index is 2950. The first-order valence-electron chi connectivity index (χ1n) is 24.7. The molecular weight excluding hydrogens is 949 g/mol. The first-order chi connectivity index (χ1) is 34.8. The zero-order chi connectivity index (χ0) is 51.7. The average Bonchev–Trinajstić information content (AvgIpc) is 4.23. The molecule has 0 spiro atoms. The first kappa shape index (κ1) is 49.8. The number of nitrogens with one attached hydrogen (secondary N) is 2. The molecule has 6 atom stereocenters. The summed E-state index contributed by atoms with van der Waals surface area (Å²) in [5.74, 6) is -1.60. The lowest BCUT2D eigenvalue weighted by molar-refractivity contribution is -0.271. The van der Waals surface area contributed by atoms with Gasteiger partial charge in [0.25, 0.3) is 23.0 Å². The number of carbonyl (C=O) groups is 2. The molecule has 0 aliphatic carbocycles. The predicted octanol–water partition coefficient (Wildman–Crippen LogP) is 12.4. The molecule has 10 rings (SSSR count). The molecule has 0 saturated carbocycles. The van der Waals surface area contributed by atoms with Gasteiger partial charge in [0.05, 0.1) is 46.2 Å². The summed E-state index contributed by atoms with van der Waals surface area (Å²) in [6.45, 7) is 6.68. The van der Waals surface area contributed by atoms with Crippen LogP contribution in [0.15, 0.2) is 121 Å². The van der Waals surface area contributed by atoms with Crippen molar-refractivity contribution < 1.29 is 45.4 Å². The number of aromatic nitrogens is 4. The first-order valence-corrected chi connectivity index (χ1v) is 24.7. The third-order valence-corrected chi connectivity index (χ3v) is 15.3. The van der Waals surface area contributed by atoms with Gasteiger partial charge in [0.1, 0.15) is 11.6 Å². The van der Waals surface area contributed by atoms with E-state index < -0.39 is 47.5 Å². The van der Waals surface area contributed by atoms with Gasteiger partial charge in [-0.25, -0.2) is 9.97 Å². The number of carbonyl (C=O) groups excluding carboxylic acids is 2. The second-order valence-corrected chi connectivity index (χ2v) is 20.4. The van der Waals surface area contributed by atoms with Crippen molar-refractivity contribution in [2.45, 2.75) is 112 Å². The van der Waals surface area contributed by atoms with Crippen LogP contribution in [0, 0.1) is 0 Å². The van der Waals surface area contributed by atoms with E-state index in [4.69, 9.17) is 19.4 Å². The summed E-state index contributed by atoms with van der Waals surface area (Å²) in [5.41, 5.74) is -0.370. The highest BCUT2D eigenvalue weighted by molar-refractivity contribution is 5.89. The number of likely N-dealkylation sites (tertiary alicyclic amines) is 2. The molecule has 3 fully saturated rings. The van der Waals surface area contributed by atoms with E-state index in [1.54, 1.807) is 12.1 Å². The number of ether oxygens (including phenoxy) is 2. The molecule has 11 nitrogen and oxygen atoms in total. The van der Waals surface area contributed by atoms with Gasteiger partial charge in [-0.05, 0) is 97.0 Å². The topological polar surface area (TPSA) is 120 Å². The minimum absolute atomic E-state index is 0.0905. The number of alkyl halides is 6. The number of hydrogen-bond acceptors (Lipinski definition) is 7. The SMILES string of the molecule is CO[C@@](C(=O)N1CCC[C@H]1c1nc2ccc(C3CC[C@H](c4ccc5nc([C@@H]6CCCN6C(=O)[C@](OC)(c6ccccc6)C(F)(F)F)[nH]c5c4)N3c3ccc(C(C)(C)C)cc3)cc2[nH]1)(c1ccccc1)C(F)(F)F. The molecule has 73 heavy (non-hydrogen) atoms. The van der Waals surface area contributed by atoms with E-state index in [9.17, 15) is 9.59 Å². The molecule has 5 aromatic carbocycles. The number of halogens is 6. The molecule has 0 radical (unpaired) electrons. The number of hydrogen-bond donors (Lipinski definition) is 2. The van der Waals surface area contributed by atoms with E-state index in [1.165, 1.54) is 63.9 Å². The lowest BCUT2D eigenvalue weighted by atomic mass is 9.87. The molecule has 1 unspecified atom stereocenters. The van der Waals surface area contributed by atoms with Crippen LogP contribution < -0.4 is 4.90 Å². The second-order valence-electron chi connectivity index (χ2n) is 20.4. The van der Waals surface area contributed by atoms with Gasteiger partial charge in [-0.15, -0.1) is 0 Å². The predicted molar refractivity (Wildman–Crippen MR) is 264 cm³/mol. The second kappa shape index (κ2) is 18.6. The highest BCUT2D eigenvalue weighted by atomic mass is 19.4. The largest absolute Gasteiger partial charge is 0.430 e. The molecule has 5 heterocycles. The minimum Gasteiger partial charge on any atom is -0.357 e. The standard InChI is InChI=1S/C56H57F6N7O4/c1-52(2,3)36-22-24-39(25-23-36)69-44(34-20-26-40-42(32-34)65-48(63-40)46-18-12-30-67(46)50(70)53(72-4,55(57,58)59)37-14-8-6-9-15-37)28-29-45(69)35-21-27-41-43(33-35)66-49(64-41)47-19-13-31-68(47)51(71)54(73-5,56(60,61)62)38-16-10-7-11-17-38/h6-11,14-17,20-27,32-33,44-47H,12-13,18-19,28-31H2,1-5H3,(H,63,65)(H,64,66)/t44-,45?,46+,47+,53-,54-/m1/s1. The van der Waals surface area contributed by atoms with Crippen molar-refractivity contribution >= 4 is 39.6 Å². The van der Waals surface area contributed by atoms with Crippen molar-refractivity contribution in [2.24, 2.45) is 0 Å². The summed E-state index contributed by atoms with van der Waals surface area (Å²) in [6.07, 6.45) is -6.81. The third kappa shape index (κ3) is 8.41. The Labute approximate surface area is 418 Å². The zero-order valence-corrected chi connectivity index (χ0v) is 41.2. The van der Waals surface area contributed by atoms with Gasteiger partial charge in [-0.2, -0.15) is 26.3 Å². The maximum Gasteiger partial charge on any atom is 0.430 e. The molecule has 2 aromatic heterocycles. The van der Waals surface area contributed by atoms with E-state index in [1.807, 2.05) is 36.4 Å². The average molecular weight is 1010 g/mol. The summed E-state index contributed by atoms with van der Waals surface area (Å²) >= 11 is 0. The van der Waals surface area contributed by atoms with Crippen LogP contribution in [0.2, 0.25) is 0 Å². The van der Waals surface area contributed by atoms with Crippen molar-refractivity contribution in [3.05, 3.63) is 161 Å². The smallest absolute Gasteiger partial charge is 0.357 e. The van der Waals surface area contributed by atoms with E-state index >= 15 is 26.3 Å². The molecule has 7 aromatic rings. The van der Waals surface area contributed by atoms with Crippen LogP contribution in [0.5, 0.6) is 0 Å². The van der Waals surface area contributed by atoms with Crippen molar-refractivity contribution in [3.8, 4) is 0 Å². The molecule has 2 N–H and O–H groups in total. The molecule has 382 valence electrons. The number of methoxy groups -OCH3 is 2. The van der Waals surface area contributed by atoms with E-state index in [2.05, 4.69) is 59.9 Å². The maximum absolute atomic E-state index is 15.1. The van der Waals surface area contributed by atoms with Gasteiger partial charge in [-0.1, -0.05) is 106 Å². The number of aromatic amines is 2. The van der Waals surface area contributed by atoms with Gasteiger partial charge in [0.15, 0.2) is 0 Å². The van der Waals surface area contributed by atoms with Gasteiger partial charge in [-0.3, -0.25) is 9.59 Å². The molecule has 17 heteroatoms. The summed E-state index contributed by atoms with van der Waals surface area (Å²) < 4.78 is 101. The summed E-state index contributed by atoms with van der Waals surface area (Å²) in [6, 6.07) is 32.7. The number of imidazole rings is 2. The molecule has 3 aliphatic rings. The fraction of sp³-hybridized carbons (Fsp3) is 0.393. The van der Waals surface area contributed by atoms with Gasteiger partial charge >= 0.3 is 12.4 Å². The Morgan fingerprint density at radius 1 is 0.534 bits per heavy atom. The van der Waals surface area contributed by atoms with Crippen molar-refractivity contribution in [1.82, 2.24) is 29.7 Å². The Balaban J connectivity index is 0.963. The summed E-state index contributed by atoms with van der Waals surface area (Å²) in [5, 5.41) is 0. The number of anilines is 1. The number of rotatable bonds is 11. The van der Waals surface area contributed by atoms with Gasteiger partial charge < -0.3 is 34.1 Å². The number of amides is 2. The van der Waals surface area contributed by atoms with Crippen molar-refractivity contribution in [2.75, 3.05) is 32.2 Å². The zero-order valence-electron chi connectivity index (χ0n) is 41.2. The molecule has 3 aliphatic heterocycles. The summed E-state index contributed by atoms with van der Waals surface area (Å²) in [4.78, 5) is 49.8. The fourth-order valence-electron chi connectivity index (χ4n) is 11.6. The van der Waals surface area contributed by atoms with Crippen molar-refractivity contribution in [1.29, 1.82) is 0 Å². The van der Waals surface area contributed by atoms with Crippen LogP contribution in [-0.4, -0.2) is 81.2 Å². The fourth-order valence-corrected chi connectivity index (χ4v) is 11.6. The van der Waals surface area contributed by atoms with Crippen molar-refractivity contribution in [3.63, 3.8) is 0 Å². The minimum atomic E-state index is -5.05. The number of fused-ring (bicyclic) bond motifs is 2. The Morgan fingerprint density at radius 2 is 0.945 bits per heavy atom. The molecular formula is C56H57F6N7O4. The van der Waals surface area contributed by atoms with E-state index in [0.29, 0.717) is 59.4 Å². The lowest BCUT2D eigenvalue weighted by Crippen LogP contribution is -2.56. The normalized spacial score (nSPS) is 21.5. The van der Waals surface area contributed by atoms with Crippen LogP contribution in [0.25, 0.3) is 22.1 Å². The highest BCUT2D eigenvalue weighted by Crippen LogP contribution is 2.50. The van der Waals surface area contributed by atoms with Crippen LogP contribution in [0.1, 0.15) is 123 Å². The van der Waals surface area contributed by atoms with Gasteiger partial charge in [0, 0.05) is 44.1 Å². The maximum atomic E-state index is 15.1. The highest BCUT2D eigenvalue weighted by Gasteiger charge is 2.66. The molecule has 2 amide bonds. The van der Waals surface area contributed by atoms with Crippen LogP contribution in [0.3, 0.4) is 0 Å². The number of benzene rings is 5. The Hall–Kier alpha value is -6.72. The van der Waals surface area contributed by atoms with Crippen LogP contribution >= 0.6 is 0 Å². The van der Waals surface area contributed by atoms with Crippen LogP contribution in [-0.2, 0) is 35.7 Å². The van der Waals surface area contributed by atoms with E-state index in [-0.39, 0.29) is 41.7 Å². The monoisotopic (exact) mass is 1010 g/mol. The van der Waals surface area contributed by atoms with Gasteiger partial charge in [0.2, 0.25) is 0 Å². The summed E-state index contributed by atoms with van der Waals surface area (Å²) in [7, 11) is 1.82.